The van der Waals surface area contributed by atoms with E-state index in [1.165, 1.54) is 4.31 Å². The number of anilines is 1. The number of ether oxygens (including phenoxy) is 2. The van der Waals surface area contributed by atoms with Crippen LogP contribution < -0.4 is 19.1 Å². The first kappa shape index (κ1) is 19.0. The smallest absolute Gasteiger partial charge is 0.263 e. The molecule has 144 valence electrons. The zero-order valence-corrected chi connectivity index (χ0v) is 16.0. The second kappa shape index (κ2) is 7.87. The molecule has 0 radical (unpaired) electrons. The van der Waals surface area contributed by atoms with Crippen LogP contribution >= 0.6 is 0 Å². The highest BCUT2D eigenvalue weighted by Crippen LogP contribution is 2.34. The Morgan fingerprint density at radius 1 is 1.22 bits per heavy atom. The van der Waals surface area contributed by atoms with Gasteiger partial charge in [-0.25, -0.2) is 8.42 Å². The van der Waals surface area contributed by atoms with Gasteiger partial charge >= 0.3 is 0 Å². The maximum Gasteiger partial charge on any atom is 0.263 e. The van der Waals surface area contributed by atoms with Crippen LogP contribution in [0.15, 0.2) is 48.5 Å². The highest BCUT2D eigenvalue weighted by molar-refractivity contribution is 7.92. The summed E-state index contributed by atoms with van der Waals surface area (Å²) in [6.45, 7) is 2.75. The Morgan fingerprint density at radius 3 is 2.59 bits per heavy atom. The third-order valence-electron chi connectivity index (χ3n) is 4.13. The van der Waals surface area contributed by atoms with E-state index in [9.17, 15) is 13.2 Å². The third-order valence-corrected chi connectivity index (χ3v) is 5.28. The van der Waals surface area contributed by atoms with E-state index in [0.717, 1.165) is 17.6 Å². The molecule has 3 rings (SSSR count). The maximum atomic E-state index is 12.5. The second-order valence-electron chi connectivity index (χ2n) is 6.16. The molecule has 2 aromatic carbocycles. The lowest BCUT2D eigenvalue weighted by Gasteiger charge is -2.33. The standard InChI is InChI=1S/C19H22N2O5S/c1-3-25-15-10-8-14(9-11-15)12-20-19(22)18-13-21(27(2,23)24)16-6-4-5-7-17(16)26-18/h4-11,18H,3,12-13H2,1-2H3,(H,20,22). The number of carbonyl (C=O) groups excluding carboxylic acids is 1. The first-order chi connectivity index (χ1) is 12.9. The van der Waals surface area contributed by atoms with Gasteiger partial charge in [0.25, 0.3) is 5.91 Å². The summed E-state index contributed by atoms with van der Waals surface area (Å²) in [5.74, 6) is 0.769. The molecule has 0 saturated carbocycles. The number of hydrogen-bond acceptors (Lipinski definition) is 5. The Hall–Kier alpha value is -2.74. The average molecular weight is 390 g/mol. The molecule has 27 heavy (non-hydrogen) atoms. The van der Waals surface area contributed by atoms with Gasteiger partial charge in [-0.3, -0.25) is 9.10 Å². The van der Waals surface area contributed by atoms with Gasteiger partial charge in [-0.2, -0.15) is 0 Å². The van der Waals surface area contributed by atoms with Crippen LogP contribution in [-0.4, -0.2) is 39.8 Å². The van der Waals surface area contributed by atoms with Gasteiger partial charge in [0.2, 0.25) is 10.0 Å². The first-order valence-electron chi connectivity index (χ1n) is 8.61. The first-order valence-corrected chi connectivity index (χ1v) is 10.5. The van der Waals surface area contributed by atoms with Crippen molar-refractivity contribution >= 4 is 21.6 Å². The minimum atomic E-state index is -3.52. The fourth-order valence-electron chi connectivity index (χ4n) is 2.83. The Balaban J connectivity index is 1.68. The van der Waals surface area contributed by atoms with Gasteiger partial charge in [-0.05, 0) is 36.8 Å². The number of carbonyl (C=O) groups is 1. The lowest BCUT2D eigenvalue weighted by Crippen LogP contribution is -2.50. The summed E-state index contributed by atoms with van der Waals surface area (Å²) in [7, 11) is -3.52. The third kappa shape index (κ3) is 4.51. The predicted octanol–water partition coefficient (Wildman–Crippen LogP) is 1.93. The van der Waals surface area contributed by atoms with Crippen molar-refractivity contribution in [2.24, 2.45) is 0 Å². The minimum Gasteiger partial charge on any atom is -0.494 e. The van der Waals surface area contributed by atoms with E-state index in [4.69, 9.17) is 9.47 Å². The van der Waals surface area contributed by atoms with Crippen LogP contribution in [0.5, 0.6) is 11.5 Å². The average Bonchev–Trinajstić information content (AvgIpc) is 2.65. The summed E-state index contributed by atoms with van der Waals surface area (Å²) in [5, 5.41) is 2.80. The van der Waals surface area contributed by atoms with E-state index >= 15 is 0 Å². The van der Waals surface area contributed by atoms with E-state index in [1.807, 2.05) is 31.2 Å². The number of rotatable bonds is 6. The Bertz CT molecular complexity index is 912. The van der Waals surface area contributed by atoms with Crippen LogP contribution in [0.2, 0.25) is 0 Å². The van der Waals surface area contributed by atoms with Gasteiger partial charge < -0.3 is 14.8 Å². The van der Waals surface area contributed by atoms with E-state index in [1.54, 1.807) is 24.3 Å². The molecular formula is C19H22N2O5S. The van der Waals surface area contributed by atoms with Crippen molar-refractivity contribution in [3.05, 3.63) is 54.1 Å². The quantitative estimate of drug-likeness (QED) is 0.815. The molecule has 1 amide bonds. The highest BCUT2D eigenvalue weighted by atomic mass is 32.2. The van der Waals surface area contributed by atoms with Crippen molar-refractivity contribution in [2.45, 2.75) is 19.6 Å². The Kier molecular flexibility index (Phi) is 5.55. The molecule has 8 heteroatoms. The molecule has 1 N–H and O–H groups in total. The molecule has 1 aliphatic rings. The van der Waals surface area contributed by atoms with Crippen molar-refractivity contribution in [2.75, 3.05) is 23.7 Å². The van der Waals surface area contributed by atoms with Crippen LogP contribution in [0.25, 0.3) is 0 Å². The van der Waals surface area contributed by atoms with Crippen LogP contribution in [-0.2, 0) is 21.4 Å². The van der Waals surface area contributed by atoms with E-state index < -0.39 is 16.1 Å². The number of hydrogen-bond donors (Lipinski definition) is 1. The SMILES string of the molecule is CCOc1ccc(CNC(=O)C2CN(S(C)(=O)=O)c3ccccc3O2)cc1. The Morgan fingerprint density at radius 2 is 1.93 bits per heavy atom. The fraction of sp³-hybridized carbons (Fsp3) is 0.316. The Labute approximate surface area is 158 Å². The van der Waals surface area contributed by atoms with Crippen molar-refractivity contribution in [1.29, 1.82) is 0 Å². The molecular weight excluding hydrogens is 368 g/mol. The minimum absolute atomic E-state index is 0.0645. The summed E-state index contributed by atoms with van der Waals surface area (Å²) in [6.07, 6.45) is 0.196. The molecule has 2 aromatic rings. The molecule has 1 atom stereocenters. The number of sulfonamides is 1. The largest absolute Gasteiger partial charge is 0.494 e. The summed E-state index contributed by atoms with van der Waals surface area (Å²) in [4.78, 5) is 12.5. The monoisotopic (exact) mass is 390 g/mol. The van der Waals surface area contributed by atoms with Crippen molar-refractivity contribution in [1.82, 2.24) is 5.32 Å². The molecule has 1 heterocycles. The number of fused-ring (bicyclic) bond motifs is 1. The van der Waals surface area contributed by atoms with Gasteiger partial charge in [0.15, 0.2) is 6.10 Å². The maximum absolute atomic E-state index is 12.5. The molecule has 7 nitrogen and oxygen atoms in total. The number of nitrogens with zero attached hydrogens (tertiary/aromatic N) is 1. The van der Waals surface area contributed by atoms with E-state index in [2.05, 4.69) is 5.32 Å². The number of benzene rings is 2. The molecule has 0 bridgehead atoms. The zero-order chi connectivity index (χ0) is 19.4. The second-order valence-corrected chi connectivity index (χ2v) is 8.07. The molecule has 1 unspecified atom stereocenters. The fourth-order valence-corrected chi connectivity index (χ4v) is 3.74. The lowest BCUT2D eigenvalue weighted by molar-refractivity contribution is -0.127. The van der Waals surface area contributed by atoms with Crippen molar-refractivity contribution in [3.63, 3.8) is 0 Å². The molecule has 0 aromatic heterocycles. The van der Waals surface area contributed by atoms with Crippen molar-refractivity contribution < 1.29 is 22.7 Å². The summed E-state index contributed by atoms with van der Waals surface area (Å²) in [5.41, 5.74) is 1.35. The van der Waals surface area contributed by atoms with Crippen LogP contribution in [0, 0.1) is 0 Å². The topological polar surface area (TPSA) is 84.9 Å². The number of nitrogens with one attached hydrogen (secondary N) is 1. The van der Waals surface area contributed by atoms with Crippen LogP contribution in [0.1, 0.15) is 12.5 Å². The normalized spacial score (nSPS) is 16.2. The molecule has 0 spiro atoms. The zero-order valence-electron chi connectivity index (χ0n) is 15.2. The summed E-state index contributed by atoms with van der Waals surface area (Å²) >= 11 is 0. The van der Waals surface area contributed by atoms with E-state index in [-0.39, 0.29) is 12.5 Å². The number of para-hydroxylation sites is 2. The van der Waals surface area contributed by atoms with Gasteiger partial charge in [0, 0.05) is 6.54 Å². The molecule has 1 aliphatic heterocycles. The van der Waals surface area contributed by atoms with E-state index in [0.29, 0.717) is 24.6 Å². The number of amides is 1. The van der Waals surface area contributed by atoms with Gasteiger partial charge in [0.05, 0.1) is 25.1 Å². The summed E-state index contributed by atoms with van der Waals surface area (Å²) < 4.78 is 36.5. The molecule has 0 saturated heterocycles. The predicted molar refractivity (Wildman–Crippen MR) is 103 cm³/mol. The highest BCUT2D eigenvalue weighted by Gasteiger charge is 2.34. The van der Waals surface area contributed by atoms with Crippen LogP contribution in [0.3, 0.4) is 0 Å². The molecule has 0 aliphatic carbocycles. The van der Waals surface area contributed by atoms with Gasteiger partial charge in [-0.1, -0.05) is 24.3 Å². The molecule has 0 fully saturated rings. The van der Waals surface area contributed by atoms with Gasteiger partial charge in [0.1, 0.15) is 11.5 Å². The van der Waals surface area contributed by atoms with Crippen LogP contribution in [0.4, 0.5) is 5.69 Å². The van der Waals surface area contributed by atoms with Crippen molar-refractivity contribution in [3.8, 4) is 11.5 Å². The van der Waals surface area contributed by atoms with Gasteiger partial charge in [-0.15, -0.1) is 0 Å². The lowest BCUT2D eigenvalue weighted by atomic mass is 10.2. The summed E-state index contributed by atoms with van der Waals surface area (Å²) in [6, 6.07) is 14.2.